The average Bonchev–Trinajstić information content (AvgIpc) is 2.38. The number of rotatable bonds is 4. The molecule has 0 N–H and O–H groups in total. The molecule has 1 saturated heterocycles. The molecule has 0 bridgehead atoms. The van der Waals surface area contributed by atoms with Gasteiger partial charge in [-0.2, -0.15) is 5.26 Å². The van der Waals surface area contributed by atoms with E-state index >= 15 is 0 Å². The Morgan fingerprint density at radius 2 is 2.05 bits per heavy atom. The molecule has 1 aliphatic heterocycles. The van der Waals surface area contributed by atoms with E-state index in [-0.39, 0.29) is 0 Å². The zero-order chi connectivity index (χ0) is 13.7. The van der Waals surface area contributed by atoms with Gasteiger partial charge in [0.05, 0.1) is 11.6 Å². The minimum absolute atomic E-state index is 0.651. The van der Waals surface area contributed by atoms with Crippen LogP contribution < -0.4 is 4.74 Å². The van der Waals surface area contributed by atoms with Gasteiger partial charge in [0.2, 0.25) is 0 Å². The Bertz CT molecular complexity index is 442. The fourth-order valence-corrected chi connectivity index (χ4v) is 2.92. The average molecular weight is 258 g/mol. The van der Waals surface area contributed by atoms with E-state index in [1.807, 2.05) is 12.1 Å². The molecule has 102 valence electrons. The summed E-state index contributed by atoms with van der Waals surface area (Å²) in [6.45, 7) is 8.64. The normalized spacial score (nSPS) is 23.8. The number of hydrogen-bond donors (Lipinski definition) is 0. The summed E-state index contributed by atoms with van der Waals surface area (Å²) >= 11 is 0. The van der Waals surface area contributed by atoms with Crippen LogP contribution in [0.4, 0.5) is 0 Å². The lowest BCUT2D eigenvalue weighted by Gasteiger charge is -2.34. The summed E-state index contributed by atoms with van der Waals surface area (Å²) < 4.78 is 5.73. The van der Waals surface area contributed by atoms with E-state index < -0.39 is 0 Å². The molecule has 2 atom stereocenters. The third-order valence-electron chi connectivity index (χ3n) is 3.58. The fraction of sp³-hybridized carbons (Fsp3) is 0.562. The first-order valence-electron chi connectivity index (χ1n) is 7.02. The molecule has 1 heterocycles. The number of hydrogen-bond acceptors (Lipinski definition) is 3. The summed E-state index contributed by atoms with van der Waals surface area (Å²) in [4.78, 5) is 2.48. The van der Waals surface area contributed by atoms with Gasteiger partial charge in [0, 0.05) is 19.6 Å². The van der Waals surface area contributed by atoms with Crippen molar-refractivity contribution in [1.29, 1.82) is 5.26 Å². The zero-order valence-corrected chi connectivity index (χ0v) is 11.8. The van der Waals surface area contributed by atoms with Gasteiger partial charge in [-0.15, -0.1) is 0 Å². The minimum Gasteiger partial charge on any atom is -0.492 e. The molecule has 3 heteroatoms. The Balaban J connectivity index is 1.78. The maximum Gasteiger partial charge on any atom is 0.120 e. The van der Waals surface area contributed by atoms with Crippen molar-refractivity contribution in [2.24, 2.45) is 11.8 Å². The quantitative estimate of drug-likeness (QED) is 0.833. The molecule has 1 aromatic rings. The third kappa shape index (κ3) is 4.25. The topological polar surface area (TPSA) is 36.3 Å². The van der Waals surface area contributed by atoms with Crippen molar-refractivity contribution in [3.05, 3.63) is 29.8 Å². The van der Waals surface area contributed by atoms with Crippen LogP contribution >= 0.6 is 0 Å². The first-order valence-corrected chi connectivity index (χ1v) is 7.02. The van der Waals surface area contributed by atoms with Crippen molar-refractivity contribution in [2.75, 3.05) is 26.2 Å². The molecule has 0 spiro atoms. The molecule has 3 nitrogen and oxygen atoms in total. The van der Waals surface area contributed by atoms with Gasteiger partial charge in [0.15, 0.2) is 0 Å². The predicted molar refractivity (Wildman–Crippen MR) is 76.0 cm³/mol. The van der Waals surface area contributed by atoms with Crippen molar-refractivity contribution in [1.82, 2.24) is 4.90 Å². The van der Waals surface area contributed by atoms with Crippen LogP contribution in [0.5, 0.6) is 5.75 Å². The Morgan fingerprint density at radius 3 is 2.74 bits per heavy atom. The number of likely N-dealkylation sites (tertiary alicyclic amines) is 1. The number of nitrogens with zero attached hydrogens (tertiary/aromatic N) is 2. The molecular formula is C16H22N2O. The monoisotopic (exact) mass is 258 g/mol. The first kappa shape index (κ1) is 13.9. The number of piperidine rings is 1. The van der Waals surface area contributed by atoms with Crippen LogP contribution in [0.25, 0.3) is 0 Å². The van der Waals surface area contributed by atoms with Crippen molar-refractivity contribution in [3.8, 4) is 11.8 Å². The number of ether oxygens (including phenoxy) is 1. The van der Waals surface area contributed by atoms with Gasteiger partial charge in [0.1, 0.15) is 12.4 Å². The first-order chi connectivity index (χ1) is 9.17. The van der Waals surface area contributed by atoms with Crippen LogP contribution in [0, 0.1) is 23.2 Å². The van der Waals surface area contributed by atoms with Crippen LogP contribution in [0.2, 0.25) is 0 Å². The lowest BCUT2D eigenvalue weighted by Crippen LogP contribution is -2.40. The van der Waals surface area contributed by atoms with Gasteiger partial charge in [-0.05, 0) is 36.5 Å². The molecule has 0 radical (unpaired) electrons. The van der Waals surface area contributed by atoms with Crippen LogP contribution in [0.1, 0.15) is 25.8 Å². The molecule has 0 saturated carbocycles. The van der Waals surface area contributed by atoms with Crippen LogP contribution in [0.3, 0.4) is 0 Å². The molecule has 0 aliphatic carbocycles. The molecular weight excluding hydrogens is 236 g/mol. The van der Waals surface area contributed by atoms with E-state index in [4.69, 9.17) is 10.00 Å². The van der Waals surface area contributed by atoms with Crippen molar-refractivity contribution in [2.45, 2.75) is 20.3 Å². The summed E-state index contributed by atoms with van der Waals surface area (Å²) in [6, 6.07) is 9.48. The SMILES string of the molecule is CC1CC(C)CN(CCOc2cccc(C#N)c2)C1. The van der Waals surface area contributed by atoms with Crippen molar-refractivity contribution in [3.63, 3.8) is 0 Å². The van der Waals surface area contributed by atoms with E-state index in [9.17, 15) is 0 Å². The Labute approximate surface area is 115 Å². The molecule has 19 heavy (non-hydrogen) atoms. The standard InChI is InChI=1S/C16H22N2O/c1-13-8-14(2)12-18(11-13)6-7-19-16-5-3-4-15(9-16)10-17/h3-5,9,13-14H,6-8,11-12H2,1-2H3. The maximum atomic E-state index is 8.84. The molecule has 1 aromatic carbocycles. The maximum absolute atomic E-state index is 8.84. The van der Waals surface area contributed by atoms with E-state index in [2.05, 4.69) is 24.8 Å². The zero-order valence-electron chi connectivity index (χ0n) is 11.8. The Kier molecular flexibility index (Phi) is 4.81. The highest BCUT2D eigenvalue weighted by Gasteiger charge is 2.21. The van der Waals surface area contributed by atoms with E-state index in [0.717, 1.165) is 24.1 Å². The van der Waals surface area contributed by atoms with Crippen LogP contribution in [0.15, 0.2) is 24.3 Å². The molecule has 2 unspecified atom stereocenters. The van der Waals surface area contributed by atoms with Gasteiger partial charge < -0.3 is 4.74 Å². The van der Waals surface area contributed by atoms with E-state index in [0.29, 0.717) is 12.2 Å². The Morgan fingerprint density at radius 1 is 1.32 bits per heavy atom. The molecule has 0 aromatic heterocycles. The molecule has 1 aliphatic rings. The summed E-state index contributed by atoms with van der Waals surface area (Å²) in [5, 5.41) is 8.84. The van der Waals surface area contributed by atoms with Gasteiger partial charge >= 0.3 is 0 Å². The summed E-state index contributed by atoms with van der Waals surface area (Å²) in [5.74, 6) is 2.36. The lowest BCUT2D eigenvalue weighted by molar-refractivity contribution is 0.120. The highest BCUT2D eigenvalue weighted by Crippen LogP contribution is 2.20. The molecule has 2 rings (SSSR count). The van der Waals surface area contributed by atoms with Crippen molar-refractivity contribution >= 4 is 0 Å². The predicted octanol–water partition coefficient (Wildman–Crippen LogP) is 2.91. The van der Waals surface area contributed by atoms with Crippen molar-refractivity contribution < 1.29 is 4.74 Å². The largest absolute Gasteiger partial charge is 0.492 e. The van der Waals surface area contributed by atoms with Crippen LogP contribution in [-0.2, 0) is 0 Å². The molecule has 1 fully saturated rings. The second-order valence-electron chi connectivity index (χ2n) is 5.69. The number of nitriles is 1. The second kappa shape index (κ2) is 6.58. The van der Waals surface area contributed by atoms with Gasteiger partial charge in [-0.3, -0.25) is 4.90 Å². The number of benzene rings is 1. The summed E-state index contributed by atoms with van der Waals surface area (Å²) in [6.07, 6.45) is 1.33. The van der Waals surface area contributed by atoms with Crippen LogP contribution in [-0.4, -0.2) is 31.1 Å². The summed E-state index contributed by atoms with van der Waals surface area (Å²) in [5.41, 5.74) is 0.651. The second-order valence-corrected chi connectivity index (χ2v) is 5.69. The van der Waals surface area contributed by atoms with Gasteiger partial charge in [-0.25, -0.2) is 0 Å². The minimum atomic E-state index is 0.651. The highest BCUT2D eigenvalue weighted by molar-refractivity contribution is 5.36. The smallest absolute Gasteiger partial charge is 0.120 e. The van der Waals surface area contributed by atoms with E-state index in [1.165, 1.54) is 19.5 Å². The molecule has 0 amide bonds. The Hall–Kier alpha value is -1.53. The lowest BCUT2D eigenvalue weighted by atomic mass is 9.92. The van der Waals surface area contributed by atoms with E-state index in [1.54, 1.807) is 12.1 Å². The van der Waals surface area contributed by atoms with Gasteiger partial charge in [-0.1, -0.05) is 19.9 Å². The van der Waals surface area contributed by atoms with Gasteiger partial charge in [0.25, 0.3) is 0 Å². The fourth-order valence-electron chi connectivity index (χ4n) is 2.92. The third-order valence-corrected chi connectivity index (χ3v) is 3.58. The summed E-state index contributed by atoms with van der Waals surface area (Å²) in [7, 11) is 0. The highest BCUT2D eigenvalue weighted by atomic mass is 16.5.